The van der Waals surface area contributed by atoms with Gasteiger partial charge in [-0.3, -0.25) is 19.9 Å². The summed E-state index contributed by atoms with van der Waals surface area (Å²) < 4.78 is 14.6. The van der Waals surface area contributed by atoms with Crippen LogP contribution >= 0.6 is 11.3 Å². The second kappa shape index (κ2) is 8.17. The predicted molar refractivity (Wildman–Crippen MR) is 99.3 cm³/mol. The Morgan fingerprint density at radius 1 is 1.22 bits per heavy atom. The quantitative estimate of drug-likeness (QED) is 0.629. The molecule has 0 bridgehead atoms. The van der Waals surface area contributed by atoms with E-state index < -0.39 is 5.82 Å². The van der Waals surface area contributed by atoms with Crippen molar-refractivity contribution in [1.29, 1.82) is 0 Å². The zero-order valence-corrected chi connectivity index (χ0v) is 15.7. The number of hydrogen-bond acceptors (Lipinski definition) is 6. The number of aryl methyl sites for hydroxylation is 2. The number of anilines is 1. The molecular weight excluding hydrogens is 369 g/mol. The second-order valence-corrected chi connectivity index (χ2v) is 7.54. The molecule has 0 saturated heterocycles. The fourth-order valence-electron chi connectivity index (χ4n) is 2.61. The van der Waals surface area contributed by atoms with Crippen molar-refractivity contribution in [2.45, 2.75) is 33.2 Å². The molecule has 140 valence electrons. The van der Waals surface area contributed by atoms with Crippen LogP contribution in [0.3, 0.4) is 0 Å². The number of hydrogen-bond donors (Lipinski definition) is 1. The van der Waals surface area contributed by atoms with E-state index in [1.807, 2.05) is 19.9 Å². The number of thiophene rings is 1. The summed E-state index contributed by atoms with van der Waals surface area (Å²) >= 11 is 1.57. The maximum absolute atomic E-state index is 13.2. The molecular formula is C18H18FN5O2S. The van der Waals surface area contributed by atoms with Gasteiger partial charge < -0.3 is 0 Å². The molecule has 0 aromatic carbocycles. The van der Waals surface area contributed by atoms with Crippen LogP contribution in [-0.2, 0) is 11.3 Å². The normalized spacial score (nSPS) is 10.8. The number of pyridine rings is 1. The summed E-state index contributed by atoms with van der Waals surface area (Å²) in [5, 5.41) is 6.68. The number of ketones is 1. The predicted octanol–water partition coefficient (Wildman–Crippen LogP) is 3.14. The van der Waals surface area contributed by atoms with Crippen LogP contribution in [0.15, 0.2) is 30.9 Å². The van der Waals surface area contributed by atoms with Crippen molar-refractivity contribution in [2.75, 3.05) is 5.32 Å². The Morgan fingerprint density at radius 3 is 2.74 bits per heavy atom. The first-order valence-corrected chi connectivity index (χ1v) is 9.11. The van der Waals surface area contributed by atoms with Gasteiger partial charge in [0.1, 0.15) is 12.1 Å². The summed E-state index contributed by atoms with van der Waals surface area (Å²) in [5.41, 5.74) is 1.31. The summed E-state index contributed by atoms with van der Waals surface area (Å²) in [6, 6.07) is 3.21. The number of carbonyl (C=O) groups is 2. The number of amides is 1. The molecule has 0 spiro atoms. The van der Waals surface area contributed by atoms with Crippen molar-refractivity contribution in [3.63, 3.8) is 0 Å². The number of carbonyl (C=O) groups excluding carboxylic acids is 2. The van der Waals surface area contributed by atoms with Crippen molar-refractivity contribution in [2.24, 2.45) is 0 Å². The number of nitrogens with one attached hydrogen (secondary N) is 1. The molecule has 0 radical (unpaired) electrons. The van der Waals surface area contributed by atoms with Crippen LogP contribution in [0.2, 0.25) is 0 Å². The first-order valence-electron chi connectivity index (χ1n) is 8.29. The Kier molecular flexibility index (Phi) is 5.70. The van der Waals surface area contributed by atoms with E-state index in [-0.39, 0.29) is 37.0 Å². The molecule has 0 saturated carbocycles. The minimum Gasteiger partial charge on any atom is -0.294 e. The zero-order valence-electron chi connectivity index (χ0n) is 14.9. The molecule has 3 rings (SSSR count). The molecule has 3 heterocycles. The van der Waals surface area contributed by atoms with E-state index in [2.05, 4.69) is 20.4 Å². The van der Waals surface area contributed by atoms with Crippen LogP contribution in [0.5, 0.6) is 0 Å². The first kappa shape index (κ1) is 18.8. The van der Waals surface area contributed by atoms with E-state index >= 15 is 0 Å². The van der Waals surface area contributed by atoms with E-state index in [0.717, 1.165) is 16.0 Å². The van der Waals surface area contributed by atoms with Crippen LogP contribution in [0.1, 0.15) is 38.5 Å². The van der Waals surface area contributed by atoms with Gasteiger partial charge in [0.15, 0.2) is 5.78 Å². The standard InChI is InChI=1S/C18H18FN5O2S/c1-11-5-15(12(2)27-11)16(25)3-4-17(26)22-18-21-10-24(23-18)9-13-6-14(19)8-20-7-13/h5-8,10H,3-4,9H2,1-2H3,(H,22,23,26). The van der Waals surface area contributed by atoms with Crippen LogP contribution in [0.4, 0.5) is 10.3 Å². The van der Waals surface area contributed by atoms with E-state index in [4.69, 9.17) is 0 Å². The molecule has 1 amide bonds. The molecule has 0 aliphatic rings. The van der Waals surface area contributed by atoms with Gasteiger partial charge in [0.2, 0.25) is 11.9 Å². The highest BCUT2D eigenvalue weighted by Gasteiger charge is 2.14. The number of Topliss-reactive ketones (excluding diaryl/α,β-unsaturated/α-hetero) is 1. The largest absolute Gasteiger partial charge is 0.294 e. The number of rotatable bonds is 7. The second-order valence-electron chi connectivity index (χ2n) is 6.08. The number of halogens is 1. The SMILES string of the molecule is Cc1cc(C(=O)CCC(=O)Nc2ncn(Cc3cncc(F)c3)n2)c(C)s1. The number of nitrogens with zero attached hydrogens (tertiary/aromatic N) is 4. The molecule has 3 aromatic heterocycles. The minimum absolute atomic E-state index is 0.0511. The Morgan fingerprint density at radius 2 is 2.04 bits per heavy atom. The third kappa shape index (κ3) is 5.04. The van der Waals surface area contributed by atoms with Crippen molar-refractivity contribution in [3.8, 4) is 0 Å². The Bertz CT molecular complexity index is 982. The summed E-state index contributed by atoms with van der Waals surface area (Å²) in [6.45, 7) is 4.13. The van der Waals surface area contributed by atoms with Crippen molar-refractivity contribution >= 4 is 29.0 Å². The maximum atomic E-state index is 13.2. The average molecular weight is 387 g/mol. The topological polar surface area (TPSA) is 89.8 Å². The molecule has 0 unspecified atom stereocenters. The lowest BCUT2D eigenvalue weighted by Crippen LogP contribution is -2.15. The third-order valence-electron chi connectivity index (χ3n) is 3.81. The highest BCUT2D eigenvalue weighted by Crippen LogP contribution is 2.22. The summed E-state index contributed by atoms with van der Waals surface area (Å²) in [6.07, 6.45) is 4.26. The van der Waals surface area contributed by atoms with Crippen LogP contribution in [0.25, 0.3) is 0 Å². The molecule has 0 atom stereocenters. The van der Waals surface area contributed by atoms with Crippen LogP contribution in [0, 0.1) is 19.7 Å². The third-order valence-corrected chi connectivity index (χ3v) is 4.78. The smallest absolute Gasteiger partial charge is 0.248 e. The lowest BCUT2D eigenvalue weighted by atomic mass is 10.1. The van der Waals surface area contributed by atoms with Crippen LogP contribution in [-0.4, -0.2) is 31.4 Å². The van der Waals surface area contributed by atoms with Crippen LogP contribution < -0.4 is 5.32 Å². The lowest BCUT2D eigenvalue weighted by Gasteiger charge is -2.02. The van der Waals surface area contributed by atoms with Crippen molar-refractivity contribution in [3.05, 3.63) is 57.6 Å². The van der Waals surface area contributed by atoms with Gasteiger partial charge in [0.05, 0.1) is 12.7 Å². The molecule has 0 aliphatic carbocycles. The molecule has 1 N–H and O–H groups in total. The summed E-state index contributed by atoms with van der Waals surface area (Å²) in [5.74, 6) is -0.677. The minimum atomic E-state index is -0.429. The molecule has 3 aromatic rings. The summed E-state index contributed by atoms with van der Waals surface area (Å²) in [7, 11) is 0. The summed E-state index contributed by atoms with van der Waals surface area (Å²) in [4.78, 5) is 34.1. The fraction of sp³-hybridized carbons (Fsp3) is 0.278. The Balaban J connectivity index is 1.52. The van der Waals surface area contributed by atoms with Crippen molar-refractivity contribution in [1.82, 2.24) is 19.7 Å². The molecule has 27 heavy (non-hydrogen) atoms. The lowest BCUT2D eigenvalue weighted by molar-refractivity contribution is -0.116. The first-order chi connectivity index (χ1) is 12.9. The van der Waals surface area contributed by atoms with Gasteiger partial charge in [-0.25, -0.2) is 14.1 Å². The van der Waals surface area contributed by atoms with Gasteiger partial charge in [-0.2, -0.15) is 0 Å². The molecule has 9 heteroatoms. The van der Waals surface area contributed by atoms with Gasteiger partial charge >= 0.3 is 0 Å². The van der Waals surface area contributed by atoms with Gasteiger partial charge in [0.25, 0.3) is 0 Å². The maximum Gasteiger partial charge on any atom is 0.248 e. The highest BCUT2D eigenvalue weighted by molar-refractivity contribution is 7.12. The monoisotopic (exact) mass is 387 g/mol. The fourth-order valence-corrected chi connectivity index (χ4v) is 3.56. The zero-order chi connectivity index (χ0) is 19.4. The van der Waals surface area contributed by atoms with Gasteiger partial charge in [0, 0.05) is 34.4 Å². The van der Waals surface area contributed by atoms with Gasteiger partial charge in [-0.1, -0.05) is 0 Å². The van der Waals surface area contributed by atoms with Crippen molar-refractivity contribution < 1.29 is 14.0 Å². The van der Waals surface area contributed by atoms with Gasteiger partial charge in [-0.05, 0) is 31.5 Å². The number of aromatic nitrogens is 4. The molecule has 0 fully saturated rings. The Labute approximate surface area is 159 Å². The Hall–Kier alpha value is -2.94. The van der Waals surface area contributed by atoms with Gasteiger partial charge in [-0.15, -0.1) is 16.4 Å². The van der Waals surface area contributed by atoms with E-state index in [9.17, 15) is 14.0 Å². The van der Waals surface area contributed by atoms with E-state index in [1.165, 1.54) is 23.3 Å². The highest BCUT2D eigenvalue weighted by atomic mass is 32.1. The van der Waals surface area contributed by atoms with E-state index in [0.29, 0.717) is 11.1 Å². The molecule has 0 aliphatic heterocycles. The average Bonchev–Trinajstić information content (AvgIpc) is 3.18. The van der Waals surface area contributed by atoms with E-state index in [1.54, 1.807) is 11.3 Å². The molecule has 7 nitrogen and oxygen atoms in total.